The summed E-state index contributed by atoms with van der Waals surface area (Å²) < 4.78 is 0. The van der Waals surface area contributed by atoms with Crippen molar-refractivity contribution in [3.8, 4) is 6.07 Å². The molecule has 30 heavy (non-hydrogen) atoms. The number of anilines is 1. The van der Waals surface area contributed by atoms with Crippen molar-refractivity contribution in [3.63, 3.8) is 0 Å². The van der Waals surface area contributed by atoms with Crippen LogP contribution >= 0.6 is 23.4 Å². The highest BCUT2D eigenvalue weighted by Gasteiger charge is 2.30. The number of thioether (sulfide) groups is 1. The van der Waals surface area contributed by atoms with E-state index < -0.39 is 0 Å². The molecule has 1 amide bonds. The number of aromatic nitrogens is 1. The van der Waals surface area contributed by atoms with Crippen LogP contribution in [0.15, 0.2) is 35.4 Å². The SMILES string of the molecule is CCC(Sc1nc2c(cc1C#N)CC(C(C)(C)C)CC2)C(=O)Nc1cccc(Cl)c1. The average molecular weight is 442 g/mol. The van der Waals surface area contributed by atoms with Gasteiger partial charge in [-0.1, -0.05) is 57.1 Å². The molecule has 3 rings (SSSR count). The van der Waals surface area contributed by atoms with Crippen LogP contribution in [-0.4, -0.2) is 16.1 Å². The van der Waals surface area contributed by atoms with Gasteiger partial charge in [0.25, 0.3) is 0 Å². The number of pyridine rings is 1. The van der Waals surface area contributed by atoms with E-state index in [1.54, 1.807) is 18.2 Å². The normalized spacial score (nSPS) is 17.0. The van der Waals surface area contributed by atoms with Gasteiger partial charge in [-0.15, -0.1) is 0 Å². The van der Waals surface area contributed by atoms with Gasteiger partial charge >= 0.3 is 0 Å². The number of rotatable bonds is 5. The molecule has 1 aromatic heterocycles. The number of nitrogens with zero attached hydrogens (tertiary/aromatic N) is 2. The summed E-state index contributed by atoms with van der Waals surface area (Å²) in [6.45, 7) is 8.79. The van der Waals surface area contributed by atoms with Crippen LogP contribution in [0.4, 0.5) is 5.69 Å². The van der Waals surface area contributed by atoms with Crippen molar-refractivity contribution in [2.75, 3.05) is 5.32 Å². The standard InChI is InChI=1S/C24H28ClN3OS/c1-5-21(22(29)27-19-8-6-7-18(25)13-19)30-23-16(14-26)11-15-12-17(24(2,3)4)9-10-20(15)28-23/h6-8,11,13,17,21H,5,9-10,12H2,1-4H3,(H,27,29). The van der Waals surface area contributed by atoms with E-state index in [0.717, 1.165) is 25.0 Å². The van der Waals surface area contributed by atoms with Crippen molar-refractivity contribution in [2.24, 2.45) is 11.3 Å². The molecule has 4 nitrogen and oxygen atoms in total. The Kier molecular flexibility index (Phi) is 7.10. The van der Waals surface area contributed by atoms with Crippen LogP contribution in [0, 0.1) is 22.7 Å². The Morgan fingerprint density at radius 2 is 2.17 bits per heavy atom. The van der Waals surface area contributed by atoms with Crippen molar-refractivity contribution in [1.82, 2.24) is 4.98 Å². The predicted molar refractivity (Wildman–Crippen MR) is 124 cm³/mol. The van der Waals surface area contributed by atoms with E-state index in [2.05, 4.69) is 32.2 Å². The van der Waals surface area contributed by atoms with Crippen molar-refractivity contribution >= 4 is 35.0 Å². The predicted octanol–water partition coefficient (Wildman–Crippen LogP) is 6.27. The Morgan fingerprint density at radius 1 is 1.40 bits per heavy atom. The topological polar surface area (TPSA) is 65.8 Å². The second kappa shape index (κ2) is 9.41. The van der Waals surface area contributed by atoms with Crippen LogP contribution in [0.5, 0.6) is 0 Å². The fourth-order valence-electron chi connectivity index (χ4n) is 3.80. The molecule has 0 spiro atoms. The summed E-state index contributed by atoms with van der Waals surface area (Å²) >= 11 is 7.39. The first kappa shape index (κ1) is 22.7. The number of hydrogen-bond acceptors (Lipinski definition) is 4. The second-order valence-electron chi connectivity index (χ2n) is 8.88. The van der Waals surface area contributed by atoms with Crippen molar-refractivity contribution < 1.29 is 4.79 Å². The van der Waals surface area contributed by atoms with Crippen LogP contribution in [0.25, 0.3) is 0 Å². The molecule has 158 valence electrons. The van der Waals surface area contributed by atoms with Gasteiger partial charge in [0.1, 0.15) is 11.1 Å². The number of halogens is 1. The van der Waals surface area contributed by atoms with E-state index in [-0.39, 0.29) is 16.6 Å². The summed E-state index contributed by atoms with van der Waals surface area (Å²) in [4.78, 5) is 17.6. The Balaban J connectivity index is 1.79. The Labute approximate surface area is 188 Å². The molecule has 0 aliphatic heterocycles. The number of carbonyl (C=O) groups is 1. The van der Waals surface area contributed by atoms with Crippen LogP contribution in [0.2, 0.25) is 5.02 Å². The number of amides is 1. The van der Waals surface area contributed by atoms with Gasteiger partial charge in [-0.25, -0.2) is 4.98 Å². The fourth-order valence-corrected chi connectivity index (χ4v) is 4.99. The maximum Gasteiger partial charge on any atom is 0.237 e. The number of aryl methyl sites for hydroxylation is 1. The Bertz CT molecular complexity index is 977. The quantitative estimate of drug-likeness (QED) is 0.555. The zero-order chi connectivity index (χ0) is 21.9. The van der Waals surface area contributed by atoms with Gasteiger partial charge in [0, 0.05) is 16.4 Å². The summed E-state index contributed by atoms with van der Waals surface area (Å²) in [6.07, 6.45) is 3.61. The lowest BCUT2D eigenvalue weighted by molar-refractivity contribution is -0.115. The summed E-state index contributed by atoms with van der Waals surface area (Å²) in [5.41, 5.74) is 3.71. The molecule has 1 aliphatic rings. The largest absolute Gasteiger partial charge is 0.325 e. The molecule has 1 N–H and O–H groups in total. The minimum atomic E-state index is -0.340. The molecule has 1 aromatic carbocycles. The van der Waals surface area contributed by atoms with Crippen LogP contribution in [0.1, 0.15) is 57.4 Å². The molecule has 0 saturated carbocycles. The van der Waals surface area contributed by atoms with Crippen LogP contribution in [0.3, 0.4) is 0 Å². The van der Waals surface area contributed by atoms with Gasteiger partial charge in [-0.05, 0) is 66.8 Å². The molecule has 6 heteroatoms. The molecule has 2 unspecified atom stereocenters. The van der Waals surface area contributed by atoms with E-state index in [0.29, 0.717) is 33.6 Å². The highest BCUT2D eigenvalue weighted by molar-refractivity contribution is 8.00. The van der Waals surface area contributed by atoms with Crippen molar-refractivity contribution in [3.05, 3.63) is 52.2 Å². The first-order valence-electron chi connectivity index (χ1n) is 10.4. The number of carbonyl (C=O) groups excluding carboxylic acids is 1. The number of benzene rings is 1. The van der Waals surface area contributed by atoms with E-state index in [1.165, 1.54) is 17.3 Å². The molecule has 0 saturated heterocycles. The van der Waals surface area contributed by atoms with Crippen molar-refractivity contribution in [2.45, 2.75) is 63.7 Å². The molecule has 0 bridgehead atoms. The maximum atomic E-state index is 12.8. The summed E-state index contributed by atoms with van der Waals surface area (Å²) in [5.74, 6) is 0.477. The minimum absolute atomic E-state index is 0.110. The average Bonchev–Trinajstić information content (AvgIpc) is 2.70. The number of nitrogens with one attached hydrogen (secondary N) is 1. The van der Waals surface area contributed by atoms with Crippen LogP contribution < -0.4 is 5.32 Å². The first-order chi connectivity index (χ1) is 14.2. The monoisotopic (exact) mass is 441 g/mol. The lowest BCUT2D eigenvalue weighted by atomic mass is 9.71. The number of nitriles is 1. The van der Waals surface area contributed by atoms with E-state index >= 15 is 0 Å². The molecule has 1 heterocycles. The smallest absolute Gasteiger partial charge is 0.237 e. The molecule has 0 fully saturated rings. The summed E-state index contributed by atoms with van der Waals surface area (Å²) in [5, 5.41) is 13.5. The fraction of sp³-hybridized carbons (Fsp3) is 0.458. The second-order valence-corrected chi connectivity index (χ2v) is 10.5. The van der Waals surface area contributed by atoms with Gasteiger partial charge in [0.05, 0.1) is 10.8 Å². The van der Waals surface area contributed by atoms with Crippen LogP contribution in [-0.2, 0) is 17.6 Å². The molecular weight excluding hydrogens is 414 g/mol. The van der Waals surface area contributed by atoms with Gasteiger partial charge in [0.2, 0.25) is 5.91 Å². The first-order valence-corrected chi connectivity index (χ1v) is 11.6. The number of hydrogen-bond donors (Lipinski definition) is 1. The molecule has 2 atom stereocenters. The highest BCUT2D eigenvalue weighted by Crippen LogP contribution is 2.38. The number of fused-ring (bicyclic) bond motifs is 1. The van der Waals surface area contributed by atoms with Crippen molar-refractivity contribution in [1.29, 1.82) is 5.26 Å². The summed E-state index contributed by atoms with van der Waals surface area (Å²) in [6, 6.07) is 11.4. The molecule has 1 aliphatic carbocycles. The zero-order valence-electron chi connectivity index (χ0n) is 18.0. The lowest BCUT2D eigenvalue weighted by Crippen LogP contribution is -2.28. The Hall–Kier alpha value is -2.03. The third kappa shape index (κ3) is 5.36. The zero-order valence-corrected chi connectivity index (χ0v) is 19.5. The third-order valence-corrected chi connectivity index (χ3v) is 7.31. The van der Waals surface area contributed by atoms with E-state index in [1.807, 2.05) is 19.1 Å². The third-order valence-electron chi connectivity index (χ3n) is 5.71. The lowest BCUT2D eigenvalue weighted by Gasteiger charge is -2.34. The minimum Gasteiger partial charge on any atom is -0.325 e. The van der Waals surface area contributed by atoms with Gasteiger partial charge in [0.15, 0.2) is 0 Å². The molecule has 2 aromatic rings. The Morgan fingerprint density at radius 3 is 2.80 bits per heavy atom. The summed E-state index contributed by atoms with van der Waals surface area (Å²) in [7, 11) is 0. The van der Waals surface area contributed by atoms with Gasteiger partial charge in [-0.2, -0.15) is 5.26 Å². The van der Waals surface area contributed by atoms with Gasteiger partial charge in [-0.3, -0.25) is 4.79 Å². The van der Waals surface area contributed by atoms with E-state index in [9.17, 15) is 10.1 Å². The molecule has 0 radical (unpaired) electrons. The maximum absolute atomic E-state index is 12.8. The van der Waals surface area contributed by atoms with Gasteiger partial charge < -0.3 is 5.32 Å². The highest BCUT2D eigenvalue weighted by atomic mass is 35.5. The van der Waals surface area contributed by atoms with E-state index in [4.69, 9.17) is 16.6 Å². The molecular formula is C24H28ClN3OS.